The number of hydrogen-bond donors (Lipinski definition) is 1. The number of ether oxygens (including phenoxy) is 2. The monoisotopic (exact) mass is 293 g/mol. The molecule has 0 fully saturated rings. The molecule has 4 heteroatoms. The normalized spacial score (nSPS) is 13.5. The molecule has 0 bridgehead atoms. The minimum atomic E-state index is -0.306. The van der Waals surface area contributed by atoms with E-state index in [0.717, 1.165) is 18.7 Å². The lowest BCUT2D eigenvalue weighted by Gasteiger charge is -2.16. The Labute approximate surface area is 127 Å². The van der Waals surface area contributed by atoms with Crippen LogP contribution in [0.4, 0.5) is 0 Å². The fourth-order valence-electron chi connectivity index (χ4n) is 2.11. The van der Waals surface area contributed by atoms with E-state index in [1.165, 1.54) is 12.7 Å². The van der Waals surface area contributed by atoms with Gasteiger partial charge >= 0.3 is 5.97 Å². The third-order valence-electron chi connectivity index (χ3n) is 3.67. The van der Waals surface area contributed by atoms with Crippen molar-refractivity contribution in [2.24, 2.45) is 0 Å². The van der Waals surface area contributed by atoms with Crippen molar-refractivity contribution in [1.29, 1.82) is 0 Å². The topological polar surface area (TPSA) is 47.6 Å². The fourth-order valence-corrected chi connectivity index (χ4v) is 2.11. The number of nitrogens with one attached hydrogen (secondary N) is 1. The summed E-state index contributed by atoms with van der Waals surface area (Å²) in [6, 6.07) is 7.88. The van der Waals surface area contributed by atoms with Gasteiger partial charge in [0.15, 0.2) is 0 Å². The summed E-state index contributed by atoms with van der Waals surface area (Å²) in [5.74, 6) is 1.16. The van der Waals surface area contributed by atoms with Crippen LogP contribution in [-0.2, 0) is 9.53 Å². The summed E-state index contributed by atoms with van der Waals surface area (Å²) in [5.41, 5.74) is 1.32. The lowest BCUT2D eigenvalue weighted by molar-refractivity contribution is -0.143. The van der Waals surface area contributed by atoms with E-state index in [1.807, 2.05) is 19.1 Å². The van der Waals surface area contributed by atoms with Crippen molar-refractivity contribution in [3.05, 3.63) is 29.8 Å². The number of methoxy groups -OCH3 is 1. The number of hydrogen-bond acceptors (Lipinski definition) is 4. The van der Waals surface area contributed by atoms with Crippen molar-refractivity contribution in [2.75, 3.05) is 20.3 Å². The van der Waals surface area contributed by atoms with Crippen molar-refractivity contribution in [3.63, 3.8) is 0 Å². The Morgan fingerprint density at radius 3 is 2.43 bits per heavy atom. The van der Waals surface area contributed by atoms with Gasteiger partial charge in [-0.15, -0.1) is 0 Å². The average molecular weight is 293 g/mol. The molecule has 4 nitrogen and oxygen atoms in total. The van der Waals surface area contributed by atoms with Crippen molar-refractivity contribution in [1.82, 2.24) is 5.32 Å². The third-order valence-corrected chi connectivity index (χ3v) is 3.67. The summed E-state index contributed by atoms with van der Waals surface area (Å²) in [7, 11) is 1.40. The van der Waals surface area contributed by atoms with E-state index < -0.39 is 0 Å². The van der Waals surface area contributed by atoms with Crippen LogP contribution in [0, 0.1) is 0 Å². The van der Waals surface area contributed by atoms with E-state index in [4.69, 9.17) is 9.47 Å². The third kappa shape index (κ3) is 5.76. The first-order valence-corrected chi connectivity index (χ1v) is 7.66. The molecule has 0 saturated carbocycles. The molecule has 0 heterocycles. The molecule has 1 aromatic carbocycles. The van der Waals surface area contributed by atoms with Gasteiger partial charge in [-0.05, 0) is 36.6 Å². The van der Waals surface area contributed by atoms with E-state index in [9.17, 15) is 4.79 Å². The Morgan fingerprint density at radius 1 is 1.24 bits per heavy atom. The maximum atomic E-state index is 11.6. The molecule has 2 atom stereocenters. The number of rotatable bonds is 9. The van der Waals surface area contributed by atoms with Gasteiger partial charge in [0.25, 0.3) is 0 Å². The van der Waals surface area contributed by atoms with Gasteiger partial charge in [0.2, 0.25) is 0 Å². The summed E-state index contributed by atoms with van der Waals surface area (Å²) in [6.45, 7) is 7.57. The van der Waals surface area contributed by atoms with E-state index in [0.29, 0.717) is 18.9 Å². The maximum absolute atomic E-state index is 11.6. The van der Waals surface area contributed by atoms with Crippen LogP contribution in [0.25, 0.3) is 0 Å². The van der Waals surface area contributed by atoms with Crippen molar-refractivity contribution in [2.45, 2.75) is 45.6 Å². The lowest BCUT2D eigenvalue weighted by Crippen LogP contribution is -2.38. The van der Waals surface area contributed by atoms with Gasteiger partial charge in [-0.2, -0.15) is 0 Å². The molecular formula is C17H27NO3. The molecule has 2 unspecified atom stereocenters. The Balaban J connectivity index is 2.45. The second-order valence-electron chi connectivity index (χ2n) is 5.15. The number of benzene rings is 1. The van der Waals surface area contributed by atoms with Crippen LogP contribution >= 0.6 is 0 Å². The highest BCUT2D eigenvalue weighted by molar-refractivity contribution is 5.75. The van der Waals surface area contributed by atoms with Gasteiger partial charge in [-0.25, -0.2) is 0 Å². The highest BCUT2D eigenvalue weighted by Gasteiger charge is 2.17. The molecule has 1 aromatic rings. The van der Waals surface area contributed by atoms with Crippen LogP contribution in [0.15, 0.2) is 24.3 Å². The Hall–Kier alpha value is -1.55. The van der Waals surface area contributed by atoms with Crippen LogP contribution in [-0.4, -0.2) is 32.3 Å². The van der Waals surface area contributed by atoms with E-state index in [-0.39, 0.29) is 12.0 Å². The Kier molecular flexibility index (Phi) is 7.83. The molecule has 0 aliphatic heterocycles. The molecule has 0 saturated heterocycles. The fraction of sp³-hybridized carbons (Fsp3) is 0.588. The summed E-state index contributed by atoms with van der Waals surface area (Å²) >= 11 is 0. The predicted molar refractivity (Wildman–Crippen MR) is 84.7 cm³/mol. The molecule has 0 amide bonds. The minimum Gasteiger partial charge on any atom is -0.494 e. The highest BCUT2D eigenvalue weighted by Crippen LogP contribution is 2.21. The first-order chi connectivity index (χ1) is 10.1. The number of esters is 1. The van der Waals surface area contributed by atoms with Crippen LogP contribution in [0.5, 0.6) is 5.75 Å². The van der Waals surface area contributed by atoms with Crippen LogP contribution in [0.2, 0.25) is 0 Å². The zero-order valence-electron chi connectivity index (χ0n) is 13.5. The largest absolute Gasteiger partial charge is 0.494 e. The molecular weight excluding hydrogens is 266 g/mol. The Morgan fingerprint density at radius 2 is 1.90 bits per heavy atom. The van der Waals surface area contributed by atoms with Crippen molar-refractivity contribution >= 4 is 5.97 Å². The van der Waals surface area contributed by atoms with Gasteiger partial charge in [-0.3, -0.25) is 4.79 Å². The second kappa shape index (κ2) is 9.40. The number of likely N-dealkylation sites (N-methyl/N-ethyl adjacent to an activating group) is 1. The average Bonchev–Trinajstić information content (AvgIpc) is 2.53. The zero-order valence-corrected chi connectivity index (χ0v) is 13.5. The van der Waals surface area contributed by atoms with E-state index in [1.54, 1.807) is 0 Å². The standard InChI is InChI=1S/C17H27NO3/c1-5-13(3)14-7-9-15(10-8-14)21-12-11-16(18-6-2)17(19)20-4/h7-10,13,16,18H,5-6,11-12H2,1-4H3. The van der Waals surface area contributed by atoms with Crippen molar-refractivity contribution < 1.29 is 14.3 Å². The van der Waals surface area contributed by atoms with Gasteiger partial charge < -0.3 is 14.8 Å². The molecule has 118 valence electrons. The van der Waals surface area contributed by atoms with Gasteiger partial charge in [0.1, 0.15) is 11.8 Å². The maximum Gasteiger partial charge on any atom is 0.322 e. The van der Waals surface area contributed by atoms with Gasteiger partial charge in [-0.1, -0.05) is 32.9 Å². The summed E-state index contributed by atoms with van der Waals surface area (Å²) in [6.07, 6.45) is 1.72. The molecule has 0 aliphatic carbocycles. The van der Waals surface area contributed by atoms with E-state index >= 15 is 0 Å². The number of carbonyl (C=O) groups excluding carboxylic acids is 1. The molecule has 1 rings (SSSR count). The van der Waals surface area contributed by atoms with Gasteiger partial charge in [0.05, 0.1) is 13.7 Å². The SMILES string of the molecule is CCNC(CCOc1ccc(C(C)CC)cc1)C(=O)OC. The van der Waals surface area contributed by atoms with Crippen LogP contribution in [0.1, 0.15) is 45.1 Å². The summed E-state index contributed by atoms with van der Waals surface area (Å²) in [5, 5.41) is 3.10. The second-order valence-corrected chi connectivity index (χ2v) is 5.15. The Bertz CT molecular complexity index is 417. The van der Waals surface area contributed by atoms with Crippen LogP contribution in [0.3, 0.4) is 0 Å². The highest BCUT2D eigenvalue weighted by atomic mass is 16.5. The molecule has 0 aliphatic rings. The minimum absolute atomic E-state index is 0.243. The zero-order chi connectivity index (χ0) is 15.7. The molecule has 21 heavy (non-hydrogen) atoms. The lowest BCUT2D eigenvalue weighted by atomic mass is 9.99. The predicted octanol–water partition coefficient (Wildman–Crippen LogP) is 3.12. The first-order valence-electron chi connectivity index (χ1n) is 7.66. The van der Waals surface area contributed by atoms with E-state index in [2.05, 4.69) is 31.3 Å². The molecule has 1 N–H and O–H groups in total. The summed E-state index contributed by atoms with van der Waals surface area (Å²) < 4.78 is 10.5. The smallest absolute Gasteiger partial charge is 0.322 e. The van der Waals surface area contributed by atoms with Crippen molar-refractivity contribution in [3.8, 4) is 5.75 Å². The quantitative estimate of drug-likeness (QED) is 0.711. The van der Waals surface area contributed by atoms with Crippen LogP contribution < -0.4 is 10.1 Å². The summed E-state index contributed by atoms with van der Waals surface area (Å²) in [4.78, 5) is 11.6. The van der Waals surface area contributed by atoms with Gasteiger partial charge in [0, 0.05) is 6.42 Å². The first kappa shape index (κ1) is 17.5. The molecule has 0 radical (unpaired) electrons. The number of carbonyl (C=O) groups is 1. The molecule has 0 aromatic heterocycles. The molecule has 0 spiro atoms.